The van der Waals surface area contributed by atoms with Crippen molar-refractivity contribution in [3.63, 3.8) is 0 Å². The molecule has 43 heavy (non-hydrogen) atoms. The van der Waals surface area contributed by atoms with Crippen LogP contribution in [0.25, 0.3) is 0 Å². The maximum atomic E-state index is 12.6. The summed E-state index contributed by atoms with van der Waals surface area (Å²) in [5.74, 6) is 0.228. The highest BCUT2D eigenvalue weighted by atomic mass is 16.5. The molecule has 3 rings (SSSR count). The van der Waals surface area contributed by atoms with Crippen LogP contribution in [0.4, 0.5) is 0 Å². The molecule has 0 aliphatic carbocycles. The Labute approximate surface area is 254 Å². The van der Waals surface area contributed by atoms with Crippen molar-refractivity contribution < 1.29 is 33.3 Å². The van der Waals surface area contributed by atoms with Gasteiger partial charge in [0, 0.05) is 5.57 Å². The van der Waals surface area contributed by atoms with E-state index >= 15 is 0 Å². The molecule has 0 fully saturated rings. The van der Waals surface area contributed by atoms with Crippen LogP contribution in [0.2, 0.25) is 0 Å². The Hall–Kier alpha value is -4.39. The summed E-state index contributed by atoms with van der Waals surface area (Å²) in [6, 6.07) is 20.5. The van der Waals surface area contributed by atoms with Gasteiger partial charge in [0.25, 0.3) is 0 Å². The third-order valence-electron chi connectivity index (χ3n) is 6.82. The van der Waals surface area contributed by atoms with Gasteiger partial charge in [-0.25, -0.2) is 14.4 Å². The van der Waals surface area contributed by atoms with Gasteiger partial charge in [-0.15, -0.1) is 0 Å². The van der Waals surface area contributed by atoms with Crippen LogP contribution in [0.5, 0.6) is 17.2 Å². The molecule has 0 amide bonds. The molecule has 0 aliphatic heterocycles. The number of esters is 3. The van der Waals surface area contributed by atoms with E-state index in [1.165, 1.54) is 12.8 Å². The lowest BCUT2D eigenvalue weighted by atomic mass is 10.1. The van der Waals surface area contributed by atoms with Gasteiger partial charge in [-0.05, 0) is 92.4 Å². The average Bonchev–Trinajstić information content (AvgIpc) is 3.02. The van der Waals surface area contributed by atoms with Gasteiger partial charge < -0.3 is 18.9 Å². The minimum atomic E-state index is -0.495. The summed E-state index contributed by atoms with van der Waals surface area (Å²) >= 11 is 0. The Morgan fingerprint density at radius 3 is 1.47 bits per heavy atom. The summed E-state index contributed by atoms with van der Waals surface area (Å²) in [5.41, 5.74) is 2.37. The van der Waals surface area contributed by atoms with Crippen molar-refractivity contribution in [2.45, 2.75) is 71.6 Å². The average molecular weight is 587 g/mol. The molecule has 0 atom stereocenters. The SMILES string of the molecule is C=C(C)C(=O)OCCCCCCCCCCOc1ccc(C(=O)Oc2ccc(C(=O)Oc3ccc(CC)cc3)cc2)cc1. The van der Waals surface area contributed by atoms with E-state index < -0.39 is 11.9 Å². The van der Waals surface area contributed by atoms with Crippen LogP contribution in [-0.4, -0.2) is 31.1 Å². The zero-order valence-electron chi connectivity index (χ0n) is 25.3. The molecule has 3 aromatic carbocycles. The first-order valence-electron chi connectivity index (χ1n) is 15.0. The fraction of sp³-hybridized carbons (Fsp3) is 0.361. The molecular weight excluding hydrogens is 544 g/mol. The number of carbonyl (C=O) groups excluding carboxylic acids is 3. The number of carbonyl (C=O) groups is 3. The molecule has 228 valence electrons. The molecule has 3 aromatic rings. The molecule has 0 saturated carbocycles. The van der Waals surface area contributed by atoms with Crippen LogP contribution in [0.15, 0.2) is 84.9 Å². The number of hydrogen-bond donors (Lipinski definition) is 0. The fourth-order valence-electron chi connectivity index (χ4n) is 4.21. The lowest BCUT2D eigenvalue weighted by Crippen LogP contribution is -2.10. The highest BCUT2D eigenvalue weighted by Gasteiger charge is 2.12. The number of benzene rings is 3. The van der Waals surface area contributed by atoms with Crippen LogP contribution >= 0.6 is 0 Å². The fourth-order valence-corrected chi connectivity index (χ4v) is 4.21. The predicted molar refractivity (Wildman–Crippen MR) is 167 cm³/mol. The Morgan fingerprint density at radius 1 is 0.581 bits per heavy atom. The van der Waals surface area contributed by atoms with Crippen molar-refractivity contribution in [1.82, 2.24) is 0 Å². The van der Waals surface area contributed by atoms with Gasteiger partial charge in [0.1, 0.15) is 17.2 Å². The lowest BCUT2D eigenvalue weighted by Gasteiger charge is -2.08. The van der Waals surface area contributed by atoms with Crippen molar-refractivity contribution in [3.8, 4) is 17.2 Å². The van der Waals surface area contributed by atoms with Gasteiger partial charge in [0.05, 0.1) is 24.3 Å². The summed E-state index contributed by atoms with van der Waals surface area (Å²) in [6.45, 7) is 8.38. The highest BCUT2D eigenvalue weighted by Crippen LogP contribution is 2.19. The molecule has 0 aliphatic rings. The Balaban J connectivity index is 1.27. The summed E-state index contributed by atoms with van der Waals surface area (Å²) in [6.07, 6.45) is 9.60. The van der Waals surface area contributed by atoms with E-state index in [9.17, 15) is 14.4 Å². The van der Waals surface area contributed by atoms with Crippen molar-refractivity contribution >= 4 is 17.9 Å². The van der Waals surface area contributed by atoms with E-state index in [0.717, 1.165) is 50.5 Å². The molecule has 0 radical (unpaired) electrons. The summed E-state index contributed by atoms with van der Waals surface area (Å²) < 4.78 is 21.8. The molecular formula is C36H42O7. The highest BCUT2D eigenvalue weighted by molar-refractivity contribution is 5.92. The topological polar surface area (TPSA) is 88.1 Å². The van der Waals surface area contributed by atoms with E-state index in [-0.39, 0.29) is 5.97 Å². The van der Waals surface area contributed by atoms with E-state index in [1.54, 1.807) is 67.6 Å². The third kappa shape index (κ3) is 12.2. The predicted octanol–water partition coefficient (Wildman–Crippen LogP) is 8.31. The number of aryl methyl sites for hydroxylation is 1. The van der Waals surface area contributed by atoms with Crippen LogP contribution in [0.1, 0.15) is 91.5 Å². The molecule has 0 heterocycles. The first kappa shape index (κ1) is 33.1. The molecule has 0 unspecified atom stereocenters. The summed E-state index contributed by atoms with van der Waals surface area (Å²) in [5, 5.41) is 0. The first-order valence-corrected chi connectivity index (χ1v) is 15.0. The lowest BCUT2D eigenvalue weighted by molar-refractivity contribution is -0.139. The Kier molecular flexibility index (Phi) is 14.0. The Morgan fingerprint density at radius 2 is 1.00 bits per heavy atom. The van der Waals surface area contributed by atoms with Crippen molar-refractivity contribution in [2.75, 3.05) is 13.2 Å². The van der Waals surface area contributed by atoms with Crippen molar-refractivity contribution in [1.29, 1.82) is 0 Å². The van der Waals surface area contributed by atoms with E-state index in [4.69, 9.17) is 18.9 Å². The zero-order chi connectivity index (χ0) is 30.9. The van der Waals surface area contributed by atoms with Gasteiger partial charge >= 0.3 is 17.9 Å². The van der Waals surface area contributed by atoms with Gasteiger partial charge in [0.2, 0.25) is 0 Å². The summed E-state index contributed by atoms with van der Waals surface area (Å²) in [7, 11) is 0. The summed E-state index contributed by atoms with van der Waals surface area (Å²) in [4.78, 5) is 36.3. The smallest absolute Gasteiger partial charge is 0.343 e. The monoisotopic (exact) mass is 586 g/mol. The van der Waals surface area contributed by atoms with E-state index in [1.807, 2.05) is 12.1 Å². The van der Waals surface area contributed by atoms with Gasteiger partial charge in [0.15, 0.2) is 0 Å². The van der Waals surface area contributed by atoms with Crippen LogP contribution < -0.4 is 14.2 Å². The second-order valence-electron chi connectivity index (χ2n) is 10.4. The third-order valence-corrected chi connectivity index (χ3v) is 6.82. The van der Waals surface area contributed by atoms with Gasteiger partial charge in [-0.1, -0.05) is 64.2 Å². The second kappa shape index (κ2) is 18.2. The van der Waals surface area contributed by atoms with Crippen molar-refractivity contribution in [2.24, 2.45) is 0 Å². The minimum Gasteiger partial charge on any atom is -0.494 e. The maximum absolute atomic E-state index is 12.6. The van der Waals surface area contributed by atoms with Gasteiger partial charge in [-0.3, -0.25) is 0 Å². The number of rotatable bonds is 18. The van der Waals surface area contributed by atoms with Crippen LogP contribution in [0.3, 0.4) is 0 Å². The second-order valence-corrected chi connectivity index (χ2v) is 10.4. The number of hydrogen-bond acceptors (Lipinski definition) is 7. The van der Waals surface area contributed by atoms with Crippen LogP contribution in [-0.2, 0) is 16.0 Å². The zero-order valence-corrected chi connectivity index (χ0v) is 25.3. The molecule has 0 N–H and O–H groups in total. The Bertz CT molecular complexity index is 1310. The molecule has 0 spiro atoms. The minimum absolute atomic E-state index is 0.310. The molecule has 7 nitrogen and oxygen atoms in total. The van der Waals surface area contributed by atoms with E-state index in [0.29, 0.717) is 47.2 Å². The molecule has 0 aromatic heterocycles. The maximum Gasteiger partial charge on any atom is 0.343 e. The van der Waals surface area contributed by atoms with E-state index in [2.05, 4.69) is 13.5 Å². The largest absolute Gasteiger partial charge is 0.494 e. The number of unbranched alkanes of at least 4 members (excludes halogenated alkanes) is 7. The van der Waals surface area contributed by atoms with Crippen molar-refractivity contribution in [3.05, 3.63) is 102 Å². The quantitative estimate of drug-likeness (QED) is 0.0641. The molecule has 7 heteroatoms. The number of ether oxygens (including phenoxy) is 4. The standard InChI is InChI=1S/C36H42O7/c1-4-28-13-19-32(20-14-28)42-36(39)30-17-23-33(24-18-30)43-35(38)29-15-21-31(22-16-29)40-25-11-9-7-5-6-8-10-12-26-41-34(37)27(2)3/h13-24H,2,4-12,25-26H2,1,3H3. The van der Waals surface area contributed by atoms with Gasteiger partial charge in [-0.2, -0.15) is 0 Å². The molecule has 0 saturated heterocycles. The van der Waals surface area contributed by atoms with Crippen LogP contribution in [0, 0.1) is 0 Å². The first-order chi connectivity index (χ1) is 20.9. The normalized spacial score (nSPS) is 10.6. The molecule has 0 bridgehead atoms.